The van der Waals surface area contributed by atoms with Crippen molar-refractivity contribution in [1.82, 2.24) is 0 Å². The molecule has 2 unspecified atom stereocenters. The van der Waals surface area contributed by atoms with Crippen LogP contribution in [-0.2, 0) is 0 Å². The molecule has 4 saturated carbocycles. The lowest BCUT2D eigenvalue weighted by molar-refractivity contribution is -0.126. The lowest BCUT2D eigenvalue weighted by Gasteiger charge is -2.68. The number of aliphatic hydroxyl groups is 2. The van der Waals surface area contributed by atoms with E-state index in [-0.39, 0.29) is 33.2 Å². The number of rotatable bonds is 1. The molecule has 4 fully saturated rings. The zero-order valence-corrected chi connectivity index (χ0v) is 21.9. The number of allylic oxidation sites excluding steroid dienone is 4. The second-order valence-corrected chi connectivity index (χ2v) is 14.6. The van der Waals surface area contributed by atoms with Crippen molar-refractivity contribution >= 4 is 0 Å². The molecule has 180 valence electrons. The maximum atomic E-state index is 10.9. The molecule has 0 amide bonds. The summed E-state index contributed by atoms with van der Waals surface area (Å²) in [4.78, 5) is 0. The van der Waals surface area contributed by atoms with Gasteiger partial charge in [0.05, 0.1) is 6.10 Å². The zero-order valence-electron chi connectivity index (χ0n) is 21.9. The van der Waals surface area contributed by atoms with Crippen molar-refractivity contribution < 1.29 is 10.2 Å². The highest BCUT2D eigenvalue weighted by Crippen LogP contribution is 2.74. The van der Waals surface area contributed by atoms with Crippen molar-refractivity contribution in [3.8, 4) is 0 Å². The maximum Gasteiger partial charge on any atom is 0.0594 e. The molecule has 2 N–H and O–H groups in total. The molecular weight excluding hydrogens is 392 g/mol. The molecule has 2 heteroatoms. The molecule has 0 bridgehead atoms. The fraction of sp³-hybridized carbons (Fsp3) is 0.867. The number of hydrogen-bond donors (Lipinski definition) is 2. The average molecular weight is 441 g/mol. The van der Waals surface area contributed by atoms with Crippen LogP contribution in [0.25, 0.3) is 0 Å². The highest BCUT2D eigenvalue weighted by Gasteiger charge is 2.65. The van der Waals surface area contributed by atoms with Gasteiger partial charge >= 0.3 is 0 Å². The van der Waals surface area contributed by atoms with E-state index >= 15 is 0 Å². The molecule has 8 atom stereocenters. The Kier molecular flexibility index (Phi) is 4.88. The van der Waals surface area contributed by atoms with Crippen LogP contribution in [0.2, 0.25) is 0 Å². The summed E-state index contributed by atoms with van der Waals surface area (Å²) in [5, 5.41) is 21.1. The molecule has 0 aliphatic heterocycles. The molecule has 5 aliphatic rings. The van der Waals surface area contributed by atoms with Gasteiger partial charge in [0.1, 0.15) is 0 Å². The van der Waals surface area contributed by atoms with Crippen molar-refractivity contribution in [2.45, 2.75) is 112 Å². The highest BCUT2D eigenvalue weighted by atomic mass is 16.3. The van der Waals surface area contributed by atoms with E-state index in [4.69, 9.17) is 0 Å². The molecule has 2 nitrogen and oxygen atoms in total. The first-order chi connectivity index (χ1) is 14.8. The average Bonchev–Trinajstić information content (AvgIpc) is 2.73. The van der Waals surface area contributed by atoms with Gasteiger partial charge in [-0.2, -0.15) is 0 Å². The van der Waals surface area contributed by atoms with Crippen LogP contribution in [0.15, 0.2) is 23.3 Å². The zero-order chi connectivity index (χ0) is 23.4. The quantitative estimate of drug-likeness (QED) is 0.458. The molecule has 0 aromatic carbocycles. The smallest absolute Gasteiger partial charge is 0.0594 e. The summed E-state index contributed by atoms with van der Waals surface area (Å²) in [6.45, 7) is 17.5. The lowest BCUT2D eigenvalue weighted by Crippen LogP contribution is -2.60. The third-order valence-electron chi connectivity index (χ3n) is 12.7. The van der Waals surface area contributed by atoms with Crippen LogP contribution < -0.4 is 0 Å². The maximum absolute atomic E-state index is 10.9. The summed E-state index contributed by atoms with van der Waals surface area (Å²) in [5.41, 5.74) is 4.44. The Labute approximate surface area is 197 Å². The standard InChI is InChI=1S/C30H48O2/c1-25(2)22-10-13-30(7)23(28(22,5)12-11-24(25)32)9-8-20-21-18-26(3,19-31)14-15-27(21,4)16-17-29(20,30)6/h8-9,21-22,24,31-32H,10-19H2,1-7H3/t21-,22?,24?,26-,27+,28-,29+,30+/m0/s1. The van der Waals surface area contributed by atoms with E-state index in [0.29, 0.717) is 23.9 Å². The first-order valence-corrected chi connectivity index (χ1v) is 13.5. The van der Waals surface area contributed by atoms with Gasteiger partial charge < -0.3 is 10.2 Å². The van der Waals surface area contributed by atoms with E-state index in [0.717, 1.165) is 25.7 Å². The van der Waals surface area contributed by atoms with Crippen molar-refractivity contribution in [3.63, 3.8) is 0 Å². The van der Waals surface area contributed by atoms with Crippen LogP contribution in [0, 0.1) is 44.3 Å². The van der Waals surface area contributed by atoms with Crippen molar-refractivity contribution in [2.75, 3.05) is 6.61 Å². The predicted octanol–water partition coefficient (Wildman–Crippen LogP) is 7.06. The van der Waals surface area contributed by atoms with E-state index < -0.39 is 0 Å². The molecule has 0 radical (unpaired) electrons. The van der Waals surface area contributed by atoms with E-state index in [1.54, 1.807) is 11.1 Å². The predicted molar refractivity (Wildman–Crippen MR) is 132 cm³/mol. The molecule has 5 aliphatic carbocycles. The van der Waals surface area contributed by atoms with Gasteiger partial charge in [0.2, 0.25) is 0 Å². The Bertz CT molecular complexity index is 868. The third-order valence-corrected chi connectivity index (χ3v) is 12.7. The van der Waals surface area contributed by atoms with Crippen molar-refractivity contribution in [2.24, 2.45) is 44.3 Å². The Morgan fingerprint density at radius 3 is 2.19 bits per heavy atom. The van der Waals surface area contributed by atoms with Gasteiger partial charge in [0.25, 0.3) is 0 Å². The minimum Gasteiger partial charge on any atom is -0.396 e. The van der Waals surface area contributed by atoms with Crippen LogP contribution in [0.1, 0.15) is 106 Å². The van der Waals surface area contributed by atoms with Gasteiger partial charge in [-0.15, -0.1) is 0 Å². The highest BCUT2D eigenvalue weighted by molar-refractivity contribution is 5.45. The number of aliphatic hydroxyl groups excluding tert-OH is 2. The van der Waals surface area contributed by atoms with Crippen LogP contribution >= 0.6 is 0 Å². The van der Waals surface area contributed by atoms with E-state index in [9.17, 15) is 10.2 Å². The molecule has 0 spiro atoms. The van der Waals surface area contributed by atoms with E-state index in [2.05, 4.69) is 60.6 Å². The largest absolute Gasteiger partial charge is 0.396 e. The van der Waals surface area contributed by atoms with Gasteiger partial charge in [0, 0.05) is 6.61 Å². The topological polar surface area (TPSA) is 40.5 Å². The fourth-order valence-corrected chi connectivity index (χ4v) is 9.86. The minimum absolute atomic E-state index is 0.0164. The van der Waals surface area contributed by atoms with Crippen LogP contribution in [0.4, 0.5) is 0 Å². The summed E-state index contributed by atoms with van der Waals surface area (Å²) >= 11 is 0. The van der Waals surface area contributed by atoms with Crippen LogP contribution in [0.5, 0.6) is 0 Å². The van der Waals surface area contributed by atoms with Crippen molar-refractivity contribution in [3.05, 3.63) is 23.3 Å². The summed E-state index contributed by atoms with van der Waals surface area (Å²) in [7, 11) is 0. The van der Waals surface area contributed by atoms with E-state index in [1.165, 1.54) is 32.1 Å². The second-order valence-electron chi connectivity index (χ2n) is 14.6. The molecule has 0 aromatic heterocycles. The Morgan fingerprint density at radius 2 is 1.50 bits per heavy atom. The number of fused-ring (bicyclic) bond motifs is 7. The van der Waals surface area contributed by atoms with Crippen LogP contribution in [0.3, 0.4) is 0 Å². The van der Waals surface area contributed by atoms with E-state index in [1.807, 2.05) is 0 Å². The summed E-state index contributed by atoms with van der Waals surface area (Å²) < 4.78 is 0. The van der Waals surface area contributed by atoms with Gasteiger partial charge in [-0.05, 0) is 102 Å². The monoisotopic (exact) mass is 440 g/mol. The van der Waals surface area contributed by atoms with Gasteiger partial charge in [-0.3, -0.25) is 0 Å². The minimum atomic E-state index is -0.176. The van der Waals surface area contributed by atoms with Crippen LogP contribution in [-0.4, -0.2) is 22.9 Å². The number of hydrogen-bond acceptors (Lipinski definition) is 2. The third kappa shape index (κ3) is 2.72. The Balaban J connectivity index is 1.62. The van der Waals surface area contributed by atoms with Crippen molar-refractivity contribution in [1.29, 1.82) is 0 Å². The first-order valence-electron chi connectivity index (χ1n) is 13.5. The molecule has 0 saturated heterocycles. The molecule has 0 aromatic rings. The normalized spacial score (nSPS) is 54.3. The van der Waals surface area contributed by atoms with Gasteiger partial charge in [-0.25, -0.2) is 0 Å². The molecule has 5 rings (SSSR count). The summed E-state index contributed by atoms with van der Waals surface area (Å²) in [6.07, 6.45) is 15.6. The van der Waals surface area contributed by atoms with Gasteiger partial charge in [0.15, 0.2) is 0 Å². The molecule has 32 heavy (non-hydrogen) atoms. The first kappa shape index (κ1) is 23.2. The lowest BCUT2D eigenvalue weighted by atomic mass is 9.36. The second kappa shape index (κ2) is 6.75. The molecule has 0 heterocycles. The van der Waals surface area contributed by atoms with Gasteiger partial charge in [-0.1, -0.05) is 71.8 Å². The SMILES string of the molecule is CC1(C)C(O)CC[C@]2(C)C3=CC=C4[C@@H]5C[C@@](C)(CO)CC[C@]5(C)CC[C@@]4(C)[C@]3(C)CCC12. The fourth-order valence-electron chi connectivity index (χ4n) is 9.86. The Hall–Kier alpha value is -0.600. The summed E-state index contributed by atoms with van der Waals surface area (Å²) in [6, 6.07) is 0. The summed E-state index contributed by atoms with van der Waals surface area (Å²) in [5.74, 6) is 1.15. The molecular formula is C30H48O2. The Morgan fingerprint density at radius 1 is 0.812 bits per heavy atom.